The number of pyridine rings is 1. The first-order valence-electron chi connectivity index (χ1n) is 12.7. The van der Waals surface area contributed by atoms with Gasteiger partial charge in [0.25, 0.3) is 0 Å². The van der Waals surface area contributed by atoms with Crippen LogP contribution in [0.3, 0.4) is 0 Å². The highest BCUT2D eigenvalue weighted by Crippen LogP contribution is 2.39. The van der Waals surface area contributed by atoms with Crippen LogP contribution in [-0.4, -0.2) is 26.3 Å². The Morgan fingerprint density at radius 3 is 2.75 bits per heavy atom. The fourth-order valence-corrected chi connectivity index (χ4v) is 6.30. The summed E-state index contributed by atoms with van der Waals surface area (Å²) in [6, 6.07) is 14.2. The van der Waals surface area contributed by atoms with Crippen LogP contribution in [-0.2, 0) is 22.6 Å². The normalized spacial score (nSPS) is 19.6. The minimum atomic E-state index is -0.0242. The molecular weight excluding hydrogens is 468 g/mol. The second-order valence-corrected chi connectivity index (χ2v) is 10.9. The molecular formula is C29H32N4O2S. The maximum absolute atomic E-state index is 13.1. The molecule has 5 rings (SSSR count). The van der Waals surface area contributed by atoms with Crippen molar-refractivity contribution in [1.82, 2.24) is 19.9 Å². The van der Waals surface area contributed by atoms with Crippen molar-refractivity contribution < 1.29 is 9.59 Å². The largest absolute Gasteiger partial charge is 0.352 e. The second kappa shape index (κ2) is 10.7. The Balaban J connectivity index is 1.14. The number of ketones is 1. The van der Waals surface area contributed by atoms with E-state index in [9.17, 15) is 9.59 Å². The van der Waals surface area contributed by atoms with Crippen LogP contribution < -0.4 is 5.32 Å². The van der Waals surface area contributed by atoms with Gasteiger partial charge in [0.15, 0.2) is 0 Å². The van der Waals surface area contributed by atoms with Crippen LogP contribution in [0.15, 0.2) is 60.4 Å². The molecule has 4 aromatic rings. The molecule has 186 valence electrons. The fraction of sp³-hybridized carbons (Fsp3) is 0.379. The van der Waals surface area contributed by atoms with E-state index in [1.165, 1.54) is 4.88 Å². The molecule has 0 aliphatic heterocycles. The Bertz CT molecular complexity index is 1360. The minimum Gasteiger partial charge on any atom is -0.352 e. The first kappa shape index (κ1) is 24.4. The van der Waals surface area contributed by atoms with Gasteiger partial charge in [-0.3, -0.25) is 9.59 Å². The number of carbonyl (C=O) groups is 2. The molecule has 6 nitrogen and oxygen atoms in total. The minimum absolute atomic E-state index is 0.0242. The standard InChI is InChI=1S/C29H32N4O2S/c1-19-13-23(10-11-25(34)15-24-17-32-33-12-4-3-5-27(24)33)26(14-19)29(35)30-16-21-6-8-22(9-7-21)28-20(2)31-18-36-28/h3-9,12,17-19,23,26H,10-11,13-16H2,1-2H3,(H,30,35). The average Bonchev–Trinajstić information content (AvgIpc) is 3.60. The van der Waals surface area contributed by atoms with E-state index in [2.05, 4.69) is 46.6 Å². The summed E-state index contributed by atoms with van der Waals surface area (Å²) < 4.78 is 1.80. The molecule has 1 N–H and O–H groups in total. The number of aryl methyl sites for hydroxylation is 1. The molecule has 1 aliphatic rings. The predicted molar refractivity (Wildman–Crippen MR) is 143 cm³/mol. The van der Waals surface area contributed by atoms with Gasteiger partial charge in [0.2, 0.25) is 5.91 Å². The van der Waals surface area contributed by atoms with Crippen molar-refractivity contribution in [3.8, 4) is 10.4 Å². The zero-order valence-corrected chi connectivity index (χ0v) is 21.6. The van der Waals surface area contributed by atoms with Crippen molar-refractivity contribution >= 4 is 28.5 Å². The zero-order chi connectivity index (χ0) is 25.1. The summed E-state index contributed by atoms with van der Waals surface area (Å²) in [5, 5.41) is 7.49. The van der Waals surface area contributed by atoms with Gasteiger partial charge < -0.3 is 5.32 Å². The van der Waals surface area contributed by atoms with Crippen LogP contribution in [0.4, 0.5) is 0 Å². The Hall–Kier alpha value is -3.32. The van der Waals surface area contributed by atoms with Crippen LogP contribution in [0.5, 0.6) is 0 Å². The lowest BCUT2D eigenvalue weighted by Crippen LogP contribution is -2.32. The Labute approximate surface area is 215 Å². The highest BCUT2D eigenvalue weighted by atomic mass is 32.1. The molecule has 0 radical (unpaired) electrons. The molecule has 3 heterocycles. The first-order valence-corrected chi connectivity index (χ1v) is 13.6. The van der Waals surface area contributed by atoms with E-state index in [1.807, 2.05) is 36.8 Å². The Morgan fingerprint density at radius 1 is 1.14 bits per heavy atom. The van der Waals surface area contributed by atoms with Gasteiger partial charge in [0, 0.05) is 37.1 Å². The maximum Gasteiger partial charge on any atom is 0.223 e. The second-order valence-electron chi connectivity index (χ2n) is 10.1. The van der Waals surface area contributed by atoms with Gasteiger partial charge in [-0.1, -0.05) is 37.3 Å². The van der Waals surface area contributed by atoms with E-state index in [0.29, 0.717) is 25.3 Å². The quantitative estimate of drug-likeness (QED) is 0.323. The highest BCUT2D eigenvalue weighted by Gasteiger charge is 2.36. The van der Waals surface area contributed by atoms with Crippen LogP contribution in [0.25, 0.3) is 16.0 Å². The summed E-state index contributed by atoms with van der Waals surface area (Å²) in [5.41, 5.74) is 7.09. The third kappa shape index (κ3) is 5.41. The van der Waals surface area contributed by atoms with E-state index < -0.39 is 0 Å². The topological polar surface area (TPSA) is 76.4 Å². The number of carbonyl (C=O) groups excluding carboxylic acids is 2. The Morgan fingerprint density at radius 2 is 1.97 bits per heavy atom. The molecule has 1 aromatic carbocycles. The smallest absolute Gasteiger partial charge is 0.223 e. The molecule has 1 aliphatic carbocycles. The average molecular weight is 501 g/mol. The molecule has 7 heteroatoms. The molecule has 3 atom stereocenters. The summed E-state index contributed by atoms with van der Waals surface area (Å²) in [6.45, 7) is 4.75. The van der Waals surface area contributed by atoms with Gasteiger partial charge in [0.1, 0.15) is 5.78 Å². The van der Waals surface area contributed by atoms with Crippen molar-refractivity contribution in [3.63, 3.8) is 0 Å². The molecule has 0 bridgehead atoms. The summed E-state index contributed by atoms with van der Waals surface area (Å²) >= 11 is 1.64. The van der Waals surface area contributed by atoms with E-state index in [0.717, 1.165) is 47.2 Å². The number of thiazole rings is 1. The Kier molecular flexibility index (Phi) is 7.28. The summed E-state index contributed by atoms with van der Waals surface area (Å²) in [6.07, 6.45) is 7.24. The number of nitrogens with zero attached hydrogens (tertiary/aromatic N) is 3. The van der Waals surface area contributed by atoms with Crippen LogP contribution in [0, 0.1) is 24.7 Å². The van der Waals surface area contributed by atoms with E-state index in [1.54, 1.807) is 22.0 Å². The molecule has 3 unspecified atom stereocenters. The molecule has 1 fully saturated rings. The van der Waals surface area contributed by atoms with Crippen molar-refractivity contribution in [2.24, 2.45) is 17.8 Å². The number of amides is 1. The zero-order valence-electron chi connectivity index (χ0n) is 20.8. The van der Waals surface area contributed by atoms with Gasteiger partial charge in [0.05, 0.1) is 27.8 Å². The number of rotatable bonds is 9. The number of benzene rings is 1. The van der Waals surface area contributed by atoms with E-state index in [-0.39, 0.29) is 23.5 Å². The fourth-order valence-electron chi connectivity index (χ4n) is 5.49. The van der Waals surface area contributed by atoms with E-state index in [4.69, 9.17) is 0 Å². The SMILES string of the molecule is Cc1ncsc1-c1ccc(CNC(=O)C2CC(C)CC2CCC(=O)Cc2cnn3ccccc23)cc1. The number of nitrogens with one attached hydrogen (secondary N) is 1. The van der Waals surface area contributed by atoms with Crippen LogP contribution >= 0.6 is 11.3 Å². The lowest BCUT2D eigenvalue weighted by atomic mass is 9.89. The molecule has 3 aromatic heterocycles. The number of Topliss-reactive ketones (excluding diaryl/α,β-unsaturated/α-hetero) is 1. The van der Waals surface area contributed by atoms with Crippen molar-refractivity contribution in [3.05, 3.63) is 77.2 Å². The number of hydrogen-bond donors (Lipinski definition) is 1. The van der Waals surface area contributed by atoms with Crippen molar-refractivity contribution in [2.45, 2.75) is 52.5 Å². The summed E-state index contributed by atoms with van der Waals surface area (Å²) in [5.74, 6) is 1.06. The molecule has 0 spiro atoms. The lowest BCUT2D eigenvalue weighted by Gasteiger charge is -2.19. The van der Waals surface area contributed by atoms with Crippen LogP contribution in [0.2, 0.25) is 0 Å². The van der Waals surface area contributed by atoms with E-state index >= 15 is 0 Å². The third-order valence-electron chi connectivity index (χ3n) is 7.38. The highest BCUT2D eigenvalue weighted by molar-refractivity contribution is 7.13. The van der Waals surface area contributed by atoms with Gasteiger partial charge in [-0.05, 0) is 61.3 Å². The first-order chi connectivity index (χ1) is 17.5. The number of aromatic nitrogens is 3. The monoisotopic (exact) mass is 500 g/mol. The molecule has 1 amide bonds. The van der Waals surface area contributed by atoms with Gasteiger partial charge in [-0.25, -0.2) is 9.50 Å². The molecule has 0 saturated heterocycles. The molecule has 1 saturated carbocycles. The lowest BCUT2D eigenvalue weighted by molar-refractivity contribution is -0.127. The summed E-state index contributed by atoms with van der Waals surface area (Å²) in [7, 11) is 0. The maximum atomic E-state index is 13.1. The summed E-state index contributed by atoms with van der Waals surface area (Å²) in [4.78, 5) is 31.4. The number of hydrogen-bond acceptors (Lipinski definition) is 5. The van der Waals surface area contributed by atoms with Gasteiger partial charge in [-0.2, -0.15) is 5.10 Å². The molecule has 36 heavy (non-hydrogen) atoms. The van der Waals surface area contributed by atoms with Gasteiger partial charge >= 0.3 is 0 Å². The van der Waals surface area contributed by atoms with Crippen LogP contribution in [0.1, 0.15) is 49.4 Å². The third-order valence-corrected chi connectivity index (χ3v) is 8.36. The van der Waals surface area contributed by atoms with Crippen molar-refractivity contribution in [1.29, 1.82) is 0 Å². The number of fused-ring (bicyclic) bond motifs is 1. The van der Waals surface area contributed by atoms with Crippen molar-refractivity contribution in [2.75, 3.05) is 0 Å². The predicted octanol–water partition coefficient (Wildman–Crippen LogP) is 5.64. The van der Waals surface area contributed by atoms with Gasteiger partial charge in [-0.15, -0.1) is 11.3 Å².